The van der Waals surface area contributed by atoms with E-state index in [0.29, 0.717) is 5.57 Å². The lowest BCUT2D eigenvalue weighted by atomic mass is 9.71. The van der Waals surface area contributed by atoms with Crippen LogP contribution in [0.4, 0.5) is 5.69 Å². The number of rotatable bonds is 11. The lowest BCUT2D eigenvalue weighted by Gasteiger charge is -2.40. The summed E-state index contributed by atoms with van der Waals surface area (Å²) in [6, 6.07) is 34.6. The number of carbonyl (C=O) groups excluding carboxylic acids is 1. The summed E-state index contributed by atoms with van der Waals surface area (Å²) >= 11 is 0. The van der Waals surface area contributed by atoms with Gasteiger partial charge in [0.1, 0.15) is 6.54 Å². The van der Waals surface area contributed by atoms with Crippen molar-refractivity contribution >= 4 is 44.3 Å². The number of ketones is 1. The van der Waals surface area contributed by atoms with E-state index in [1.807, 2.05) is 12.1 Å². The minimum absolute atomic E-state index is 0.0454. The Morgan fingerprint density at radius 2 is 1.22 bits per heavy atom. The van der Waals surface area contributed by atoms with Gasteiger partial charge in [0.2, 0.25) is 0 Å². The van der Waals surface area contributed by atoms with E-state index < -0.39 is 5.92 Å². The number of Topliss-reactive ketones (excluding diaryl/α,β-unsaturated/α-hetero) is 1. The van der Waals surface area contributed by atoms with Crippen molar-refractivity contribution in [1.29, 1.82) is 0 Å². The molecule has 1 unspecified atom stereocenters. The molecule has 6 heteroatoms. The second-order valence-corrected chi connectivity index (χ2v) is 15.3. The summed E-state index contributed by atoms with van der Waals surface area (Å²) < 4.78 is 2.39. The molecule has 2 aliphatic carbocycles. The van der Waals surface area contributed by atoms with Gasteiger partial charge in [0.05, 0.1) is 6.54 Å². The standard InChI is InChI=1S/C48H48N4O2/c1-3-51(27-25-49-29-37-13-5-9-33-10-6-14-38(30-49)43(33)37)41-21-17-35(18-22-41)45-47(53)46(48(45)54)36-19-23-42(24-20-36)52(4-2)28-26-50-31-39-15-7-11-34-12-8-16-40(32-50)44(34)39/h5-24,35,45H,3-4,25-32H2,1-2H3. The van der Waals surface area contributed by atoms with E-state index in [2.05, 4.69) is 142 Å². The van der Waals surface area contributed by atoms with Crippen LogP contribution < -0.4 is 10.0 Å². The highest BCUT2D eigenvalue weighted by Gasteiger charge is 2.38. The number of carbonyl (C=O) groups is 1. The minimum Gasteiger partial charge on any atom is -0.874 e. The van der Waals surface area contributed by atoms with Crippen LogP contribution in [-0.4, -0.2) is 65.1 Å². The highest BCUT2D eigenvalue weighted by Crippen LogP contribution is 2.41. The van der Waals surface area contributed by atoms with Gasteiger partial charge in [-0.15, -0.1) is 5.76 Å². The summed E-state index contributed by atoms with van der Waals surface area (Å²) in [5.74, 6) is -0.932. The van der Waals surface area contributed by atoms with E-state index in [4.69, 9.17) is 0 Å². The molecule has 4 aliphatic rings. The first kappa shape index (κ1) is 34.5. The number of anilines is 1. The molecule has 272 valence electrons. The number of hydrogen-bond donors (Lipinski definition) is 0. The molecule has 0 saturated carbocycles. The zero-order chi connectivity index (χ0) is 36.8. The zero-order valence-electron chi connectivity index (χ0n) is 31.4. The number of hydrogen-bond acceptors (Lipinski definition) is 5. The second-order valence-electron chi connectivity index (χ2n) is 15.3. The van der Waals surface area contributed by atoms with E-state index in [9.17, 15) is 9.90 Å². The molecule has 0 radical (unpaired) electrons. The topological polar surface area (TPSA) is 52.9 Å². The van der Waals surface area contributed by atoms with Crippen LogP contribution in [-0.2, 0) is 31.0 Å². The van der Waals surface area contributed by atoms with Crippen LogP contribution in [0.15, 0.2) is 127 Å². The molecular formula is C48H48N4O2. The van der Waals surface area contributed by atoms with Crippen molar-refractivity contribution in [3.63, 3.8) is 0 Å². The van der Waals surface area contributed by atoms with Crippen LogP contribution >= 0.6 is 0 Å². The van der Waals surface area contributed by atoms with Crippen LogP contribution in [0.25, 0.3) is 27.1 Å². The molecule has 2 aliphatic heterocycles. The van der Waals surface area contributed by atoms with Gasteiger partial charge in [0.15, 0.2) is 18.0 Å². The van der Waals surface area contributed by atoms with Crippen molar-refractivity contribution in [3.05, 3.63) is 155 Å². The molecule has 9 rings (SSSR count). The Balaban J connectivity index is 0.814. The lowest BCUT2D eigenvalue weighted by molar-refractivity contribution is -0.523. The van der Waals surface area contributed by atoms with Crippen LogP contribution in [0.5, 0.6) is 0 Å². The maximum atomic E-state index is 13.5. The quantitative estimate of drug-likeness (QED) is 0.134. The van der Waals surface area contributed by atoms with Crippen molar-refractivity contribution in [3.8, 4) is 0 Å². The Morgan fingerprint density at radius 1 is 0.704 bits per heavy atom. The van der Waals surface area contributed by atoms with Gasteiger partial charge in [-0.3, -0.25) is 14.6 Å². The van der Waals surface area contributed by atoms with Crippen molar-refractivity contribution in [2.45, 2.75) is 40.0 Å². The summed E-state index contributed by atoms with van der Waals surface area (Å²) in [7, 11) is 0. The molecule has 0 N–H and O–H groups in total. The predicted molar refractivity (Wildman–Crippen MR) is 218 cm³/mol. The highest BCUT2D eigenvalue weighted by atomic mass is 16.3. The summed E-state index contributed by atoms with van der Waals surface area (Å²) in [6.07, 6.45) is 8.32. The fourth-order valence-electron chi connectivity index (χ4n) is 9.30. The van der Waals surface area contributed by atoms with Crippen LogP contribution in [0, 0.1) is 11.8 Å². The molecule has 5 aromatic rings. The third-order valence-electron chi connectivity index (χ3n) is 12.2. The van der Waals surface area contributed by atoms with E-state index in [1.54, 1.807) is 0 Å². The van der Waals surface area contributed by atoms with Crippen LogP contribution in [0.3, 0.4) is 0 Å². The Kier molecular flexibility index (Phi) is 9.26. The third kappa shape index (κ3) is 6.27. The summed E-state index contributed by atoms with van der Waals surface area (Å²) in [4.78, 5) is 21.0. The van der Waals surface area contributed by atoms with Crippen molar-refractivity contribution < 1.29 is 14.5 Å². The molecule has 2 heterocycles. The van der Waals surface area contributed by atoms with Gasteiger partial charge in [0.25, 0.3) is 0 Å². The van der Waals surface area contributed by atoms with E-state index in [1.165, 1.54) is 43.8 Å². The summed E-state index contributed by atoms with van der Waals surface area (Å²) in [5, 5.41) is 19.0. The molecule has 6 nitrogen and oxygen atoms in total. The Labute approximate surface area is 318 Å². The van der Waals surface area contributed by atoms with Crippen molar-refractivity contribution in [2.75, 3.05) is 44.2 Å². The van der Waals surface area contributed by atoms with Gasteiger partial charge in [-0.25, -0.2) is 4.58 Å². The number of allylic oxidation sites excluding steroid dienone is 6. The number of nitrogens with zero attached hydrogens (tertiary/aromatic N) is 4. The van der Waals surface area contributed by atoms with Gasteiger partial charge >= 0.3 is 0 Å². The molecule has 0 aromatic heterocycles. The SMILES string of the molecule is CCN(CCN1Cc2cccc3cccc(c23)C1)c1ccc(C2=C([O-])C(C3C=CC(=[N+](CC)CCN4Cc5cccc6cccc(c56)C4)C=C3)C2=O)cc1. The maximum absolute atomic E-state index is 13.5. The third-order valence-corrected chi connectivity index (χ3v) is 12.2. The second kappa shape index (κ2) is 14.5. The van der Waals surface area contributed by atoms with Gasteiger partial charge in [-0.05, 0) is 75.3 Å². The molecular weight excluding hydrogens is 665 g/mol. The highest BCUT2D eigenvalue weighted by molar-refractivity contribution is 6.29. The maximum Gasteiger partial charge on any atom is 0.199 e. The summed E-state index contributed by atoms with van der Waals surface area (Å²) in [5.41, 5.74) is 8.94. The van der Waals surface area contributed by atoms with Crippen LogP contribution in [0.1, 0.15) is 41.7 Å². The predicted octanol–water partition coefficient (Wildman–Crippen LogP) is 7.34. The molecule has 0 bridgehead atoms. The van der Waals surface area contributed by atoms with Crippen molar-refractivity contribution in [2.24, 2.45) is 11.8 Å². The molecule has 5 aromatic carbocycles. The van der Waals surface area contributed by atoms with Crippen molar-refractivity contribution in [1.82, 2.24) is 9.80 Å². The lowest BCUT2D eigenvalue weighted by Crippen LogP contribution is -2.41. The molecule has 0 amide bonds. The normalized spacial score (nSPS) is 19.5. The molecule has 0 spiro atoms. The zero-order valence-corrected chi connectivity index (χ0v) is 31.4. The first-order valence-electron chi connectivity index (χ1n) is 19.7. The molecule has 1 atom stereocenters. The fourth-order valence-corrected chi connectivity index (χ4v) is 9.30. The van der Waals surface area contributed by atoms with Gasteiger partial charge in [0, 0.05) is 81.1 Å². The Morgan fingerprint density at radius 3 is 1.70 bits per heavy atom. The van der Waals surface area contributed by atoms with E-state index in [-0.39, 0.29) is 17.5 Å². The van der Waals surface area contributed by atoms with E-state index >= 15 is 0 Å². The Bertz CT molecular complexity index is 2290. The van der Waals surface area contributed by atoms with Crippen LogP contribution in [0.2, 0.25) is 0 Å². The van der Waals surface area contributed by atoms with E-state index in [0.717, 1.165) is 82.4 Å². The first-order valence-corrected chi connectivity index (χ1v) is 19.7. The fraction of sp³-hybridized carbons (Fsp3) is 0.292. The van der Waals surface area contributed by atoms with Gasteiger partial charge < -0.3 is 10.0 Å². The number of benzene rings is 5. The summed E-state index contributed by atoms with van der Waals surface area (Å²) in [6.45, 7) is 13.7. The average Bonchev–Trinajstić information content (AvgIpc) is 3.20. The van der Waals surface area contributed by atoms with Gasteiger partial charge in [-0.1, -0.05) is 97.1 Å². The molecule has 54 heavy (non-hydrogen) atoms. The van der Waals surface area contributed by atoms with Gasteiger partial charge in [-0.2, -0.15) is 0 Å². The average molecular weight is 713 g/mol. The first-order chi connectivity index (χ1) is 26.5. The molecule has 0 saturated heterocycles. The minimum atomic E-state index is -0.632. The molecule has 0 fully saturated rings. The monoisotopic (exact) mass is 712 g/mol. The number of likely N-dealkylation sites (N-methyl/N-ethyl adjacent to an activating group) is 2. The smallest absolute Gasteiger partial charge is 0.199 e. The largest absolute Gasteiger partial charge is 0.874 e. The Hall–Kier alpha value is -5.30.